The van der Waals surface area contributed by atoms with Crippen LogP contribution in [0.1, 0.15) is 31.9 Å². The predicted molar refractivity (Wildman–Crippen MR) is 120 cm³/mol. The standard InChI is InChI=1S/C25H30N2O5/c1-25(2,3)32-24(31)27-15-14-26(21(23(29)30)17-19-12-8-5-9-13-19)22(28)20(27)16-18-10-6-4-7-11-18/h4-13,20-21H,14-17H2,1-3H3,(H,29,30). The third kappa shape index (κ3) is 5.87. The topological polar surface area (TPSA) is 87.2 Å². The van der Waals surface area contributed by atoms with E-state index in [1.165, 1.54) is 9.80 Å². The molecular formula is C25H30N2O5. The van der Waals surface area contributed by atoms with E-state index in [4.69, 9.17) is 4.74 Å². The van der Waals surface area contributed by atoms with Gasteiger partial charge in [0, 0.05) is 25.9 Å². The van der Waals surface area contributed by atoms with Crippen LogP contribution in [0, 0.1) is 0 Å². The lowest BCUT2D eigenvalue weighted by Crippen LogP contribution is -2.63. The van der Waals surface area contributed by atoms with Crippen molar-refractivity contribution in [3.8, 4) is 0 Å². The zero-order valence-electron chi connectivity index (χ0n) is 18.7. The van der Waals surface area contributed by atoms with Crippen molar-refractivity contribution in [1.29, 1.82) is 0 Å². The number of piperazine rings is 1. The van der Waals surface area contributed by atoms with Crippen LogP contribution in [0.25, 0.3) is 0 Å². The molecule has 1 N–H and O–H groups in total. The van der Waals surface area contributed by atoms with Gasteiger partial charge in [0.1, 0.15) is 17.7 Å². The fraction of sp³-hybridized carbons (Fsp3) is 0.400. The Morgan fingerprint density at radius 2 is 1.56 bits per heavy atom. The van der Waals surface area contributed by atoms with Crippen LogP contribution in [0.4, 0.5) is 4.79 Å². The van der Waals surface area contributed by atoms with Crippen LogP contribution in [0.15, 0.2) is 60.7 Å². The van der Waals surface area contributed by atoms with Gasteiger partial charge in [0.15, 0.2) is 0 Å². The number of ether oxygens (including phenoxy) is 1. The lowest BCUT2D eigenvalue weighted by atomic mass is 9.98. The van der Waals surface area contributed by atoms with Crippen molar-refractivity contribution in [2.24, 2.45) is 0 Å². The molecule has 2 unspecified atom stereocenters. The Morgan fingerprint density at radius 1 is 1.00 bits per heavy atom. The average molecular weight is 439 g/mol. The summed E-state index contributed by atoms with van der Waals surface area (Å²) >= 11 is 0. The van der Waals surface area contributed by atoms with E-state index in [0.717, 1.165) is 11.1 Å². The van der Waals surface area contributed by atoms with Gasteiger partial charge in [0.25, 0.3) is 0 Å². The number of carboxylic acids is 1. The second-order valence-electron chi connectivity index (χ2n) is 8.95. The number of hydrogen-bond acceptors (Lipinski definition) is 4. The van der Waals surface area contributed by atoms with E-state index in [-0.39, 0.29) is 31.8 Å². The summed E-state index contributed by atoms with van der Waals surface area (Å²) < 4.78 is 5.53. The van der Waals surface area contributed by atoms with Crippen LogP contribution in [0.2, 0.25) is 0 Å². The molecule has 170 valence electrons. The Kier molecular flexibility index (Phi) is 7.18. The molecule has 0 saturated carbocycles. The highest BCUT2D eigenvalue weighted by Crippen LogP contribution is 2.23. The van der Waals surface area contributed by atoms with Gasteiger partial charge in [0.05, 0.1) is 0 Å². The highest BCUT2D eigenvalue weighted by Gasteiger charge is 2.43. The van der Waals surface area contributed by atoms with Gasteiger partial charge in [-0.25, -0.2) is 9.59 Å². The zero-order valence-corrected chi connectivity index (χ0v) is 18.7. The van der Waals surface area contributed by atoms with E-state index in [1.54, 1.807) is 20.8 Å². The Labute approximate surface area is 188 Å². The number of amides is 2. The minimum atomic E-state index is -1.06. The summed E-state index contributed by atoms with van der Waals surface area (Å²) in [5, 5.41) is 9.91. The zero-order chi connectivity index (χ0) is 23.3. The number of carbonyl (C=O) groups excluding carboxylic acids is 2. The van der Waals surface area contributed by atoms with Crippen molar-refractivity contribution in [1.82, 2.24) is 9.80 Å². The highest BCUT2D eigenvalue weighted by molar-refractivity contribution is 5.90. The number of nitrogens with zero attached hydrogens (tertiary/aromatic N) is 2. The van der Waals surface area contributed by atoms with Crippen molar-refractivity contribution in [3.63, 3.8) is 0 Å². The van der Waals surface area contributed by atoms with Crippen molar-refractivity contribution < 1.29 is 24.2 Å². The third-order valence-corrected chi connectivity index (χ3v) is 5.36. The van der Waals surface area contributed by atoms with Gasteiger partial charge in [0.2, 0.25) is 5.91 Å². The molecule has 0 radical (unpaired) electrons. The Bertz CT molecular complexity index is 940. The molecule has 2 aromatic rings. The van der Waals surface area contributed by atoms with Crippen molar-refractivity contribution in [2.45, 2.75) is 51.3 Å². The monoisotopic (exact) mass is 438 g/mol. The maximum Gasteiger partial charge on any atom is 0.411 e. The molecule has 2 atom stereocenters. The van der Waals surface area contributed by atoms with Gasteiger partial charge >= 0.3 is 12.1 Å². The highest BCUT2D eigenvalue weighted by atomic mass is 16.6. The Hall–Kier alpha value is -3.35. The number of benzene rings is 2. The molecule has 1 saturated heterocycles. The normalized spacial score (nSPS) is 17.7. The Balaban J connectivity index is 1.88. The minimum Gasteiger partial charge on any atom is -0.480 e. The van der Waals surface area contributed by atoms with E-state index in [2.05, 4.69) is 0 Å². The summed E-state index contributed by atoms with van der Waals surface area (Å²) in [5.74, 6) is -1.44. The van der Waals surface area contributed by atoms with Crippen molar-refractivity contribution in [2.75, 3.05) is 13.1 Å². The quantitative estimate of drug-likeness (QED) is 0.747. The summed E-state index contributed by atoms with van der Waals surface area (Å²) in [7, 11) is 0. The first-order valence-electron chi connectivity index (χ1n) is 10.8. The minimum absolute atomic E-state index is 0.132. The fourth-order valence-corrected chi connectivity index (χ4v) is 3.86. The van der Waals surface area contributed by atoms with Crippen LogP contribution in [0.3, 0.4) is 0 Å². The molecule has 0 bridgehead atoms. The maximum atomic E-state index is 13.6. The summed E-state index contributed by atoms with van der Waals surface area (Å²) in [6.45, 7) is 5.66. The first-order chi connectivity index (χ1) is 15.2. The SMILES string of the molecule is CC(C)(C)OC(=O)N1CCN(C(Cc2ccccc2)C(=O)O)C(=O)C1Cc1ccccc1. The number of rotatable bonds is 6. The molecule has 7 nitrogen and oxygen atoms in total. The summed E-state index contributed by atoms with van der Waals surface area (Å²) in [4.78, 5) is 41.4. The second-order valence-corrected chi connectivity index (χ2v) is 8.95. The maximum absolute atomic E-state index is 13.6. The Morgan fingerprint density at radius 3 is 2.09 bits per heavy atom. The van der Waals surface area contributed by atoms with Gasteiger partial charge in [-0.2, -0.15) is 0 Å². The fourth-order valence-electron chi connectivity index (χ4n) is 3.86. The van der Waals surface area contributed by atoms with Crippen molar-refractivity contribution >= 4 is 18.0 Å². The van der Waals surface area contributed by atoms with Crippen LogP contribution in [-0.4, -0.2) is 63.7 Å². The molecule has 7 heteroatoms. The molecule has 1 heterocycles. The molecule has 0 spiro atoms. The number of carbonyl (C=O) groups is 3. The summed E-state index contributed by atoms with van der Waals surface area (Å²) in [6, 6.07) is 16.8. The van der Waals surface area contributed by atoms with Gasteiger partial charge < -0.3 is 14.7 Å². The molecule has 2 aromatic carbocycles. The molecule has 0 aliphatic carbocycles. The third-order valence-electron chi connectivity index (χ3n) is 5.36. The predicted octanol–water partition coefficient (Wildman–Crippen LogP) is 3.37. The van der Waals surface area contributed by atoms with Crippen LogP contribution < -0.4 is 0 Å². The molecule has 32 heavy (non-hydrogen) atoms. The van der Waals surface area contributed by atoms with Crippen LogP contribution in [0.5, 0.6) is 0 Å². The van der Waals surface area contributed by atoms with Gasteiger partial charge in [-0.3, -0.25) is 9.69 Å². The molecule has 1 aliphatic rings. The average Bonchev–Trinajstić information content (AvgIpc) is 2.74. The summed E-state index contributed by atoms with van der Waals surface area (Å²) in [5.41, 5.74) is 1.02. The molecular weight excluding hydrogens is 408 g/mol. The molecule has 0 aromatic heterocycles. The number of carboxylic acid groups (broad SMARTS) is 1. The lowest BCUT2D eigenvalue weighted by molar-refractivity contribution is -0.155. The van der Waals surface area contributed by atoms with Gasteiger partial charge in [-0.15, -0.1) is 0 Å². The molecule has 1 aliphatic heterocycles. The van der Waals surface area contributed by atoms with Crippen molar-refractivity contribution in [3.05, 3.63) is 71.8 Å². The van der Waals surface area contributed by atoms with Crippen LogP contribution >= 0.6 is 0 Å². The smallest absolute Gasteiger partial charge is 0.411 e. The van der Waals surface area contributed by atoms with Gasteiger partial charge in [-0.05, 0) is 31.9 Å². The van der Waals surface area contributed by atoms with E-state index >= 15 is 0 Å². The molecule has 3 rings (SSSR count). The first-order valence-corrected chi connectivity index (χ1v) is 10.8. The summed E-state index contributed by atoms with van der Waals surface area (Å²) in [6.07, 6.45) is -0.0826. The van der Waals surface area contributed by atoms with Gasteiger partial charge in [-0.1, -0.05) is 60.7 Å². The largest absolute Gasteiger partial charge is 0.480 e. The second kappa shape index (κ2) is 9.85. The van der Waals surface area contributed by atoms with E-state index in [0.29, 0.717) is 0 Å². The van der Waals surface area contributed by atoms with E-state index in [1.807, 2.05) is 60.7 Å². The number of aliphatic carboxylic acids is 1. The lowest BCUT2D eigenvalue weighted by Gasteiger charge is -2.43. The number of hydrogen-bond donors (Lipinski definition) is 1. The first kappa shape index (κ1) is 23.3. The van der Waals surface area contributed by atoms with Crippen LogP contribution in [-0.2, 0) is 27.2 Å². The molecule has 2 amide bonds. The molecule has 1 fully saturated rings. The van der Waals surface area contributed by atoms with E-state index in [9.17, 15) is 19.5 Å². The van der Waals surface area contributed by atoms with E-state index < -0.39 is 29.7 Å².